The van der Waals surface area contributed by atoms with Crippen LogP contribution < -0.4 is 10.1 Å². The van der Waals surface area contributed by atoms with Crippen molar-refractivity contribution < 1.29 is 14.6 Å². The molecule has 0 saturated carbocycles. The van der Waals surface area contributed by atoms with E-state index in [1.54, 1.807) is 13.3 Å². The molecule has 2 N–H and O–H groups in total. The molecule has 0 aliphatic carbocycles. The lowest BCUT2D eigenvalue weighted by atomic mass is 9.92. The Morgan fingerprint density at radius 3 is 2.57 bits per heavy atom. The number of carbonyl (C=O) groups is 1. The highest BCUT2D eigenvalue weighted by molar-refractivity contribution is 5.97. The number of hydrogen-bond donors (Lipinski definition) is 2. The standard InChI is InChI=1S/C16H20N2O3/c1-4-16(5-2,15(19)20)18-14-12-7-6-8-13(21-3)11(12)9-10-17-14/h6-10H,4-5H2,1-3H3,(H,17,18)(H,19,20). The summed E-state index contributed by atoms with van der Waals surface area (Å²) >= 11 is 0. The lowest BCUT2D eigenvalue weighted by molar-refractivity contribution is -0.142. The number of rotatable bonds is 6. The van der Waals surface area contributed by atoms with Gasteiger partial charge in [0.1, 0.15) is 17.1 Å². The van der Waals surface area contributed by atoms with Gasteiger partial charge >= 0.3 is 5.97 Å². The molecule has 1 aromatic heterocycles. The summed E-state index contributed by atoms with van der Waals surface area (Å²) in [6.07, 6.45) is 2.60. The van der Waals surface area contributed by atoms with Crippen molar-refractivity contribution in [1.29, 1.82) is 0 Å². The van der Waals surface area contributed by atoms with Crippen molar-refractivity contribution in [1.82, 2.24) is 4.98 Å². The minimum Gasteiger partial charge on any atom is -0.496 e. The summed E-state index contributed by atoms with van der Waals surface area (Å²) in [6, 6.07) is 7.51. The normalized spacial score (nSPS) is 11.4. The zero-order valence-electron chi connectivity index (χ0n) is 12.5. The molecule has 0 amide bonds. The minimum absolute atomic E-state index is 0.473. The SMILES string of the molecule is CCC(CC)(Nc1nccc2c(OC)cccc12)C(=O)O. The maximum Gasteiger partial charge on any atom is 0.329 e. The maximum atomic E-state index is 11.6. The van der Waals surface area contributed by atoms with Crippen molar-refractivity contribution in [3.05, 3.63) is 30.5 Å². The first-order valence-corrected chi connectivity index (χ1v) is 7.01. The number of aromatic nitrogens is 1. The summed E-state index contributed by atoms with van der Waals surface area (Å²) < 4.78 is 5.34. The van der Waals surface area contributed by atoms with Crippen LogP contribution in [0, 0.1) is 0 Å². The van der Waals surface area contributed by atoms with E-state index in [9.17, 15) is 9.90 Å². The molecule has 0 aliphatic rings. The second-order valence-corrected chi connectivity index (χ2v) is 4.93. The van der Waals surface area contributed by atoms with Gasteiger partial charge in [0.2, 0.25) is 0 Å². The number of aliphatic carboxylic acids is 1. The smallest absolute Gasteiger partial charge is 0.329 e. The molecule has 2 rings (SSSR count). The van der Waals surface area contributed by atoms with Crippen molar-refractivity contribution in [2.45, 2.75) is 32.2 Å². The van der Waals surface area contributed by atoms with Gasteiger partial charge in [0, 0.05) is 17.0 Å². The predicted molar refractivity (Wildman–Crippen MR) is 82.9 cm³/mol. The van der Waals surface area contributed by atoms with Gasteiger partial charge in [-0.25, -0.2) is 9.78 Å². The number of nitrogens with zero attached hydrogens (tertiary/aromatic N) is 1. The lowest BCUT2D eigenvalue weighted by Gasteiger charge is -2.29. The molecule has 1 aromatic carbocycles. The van der Waals surface area contributed by atoms with Crippen LogP contribution in [-0.4, -0.2) is 28.7 Å². The van der Waals surface area contributed by atoms with Gasteiger partial charge in [0.05, 0.1) is 7.11 Å². The fourth-order valence-electron chi connectivity index (χ4n) is 2.47. The highest BCUT2D eigenvalue weighted by atomic mass is 16.5. The number of nitrogens with one attached hydrogen (secondary N) is 1. The molecule has 5 nitrogen and oxygen atoms in total. The quantitative estimate of drug-likeness (QED) is 0.853. The van der Waals surface area contributed by atoms with E-state index in [2.05, 4.69) is 10.3 Å². The van der Waals surface area contributed by atoms with E-state index < -0.39 is 11.5 Å². The van der Waals surface area contributed by atoms with E-state index in [1.165, 1.54) is 0 Å². The Hall–Kier alpha value is -2.30. The Morgan fingerprint density at radius 2 is 2.00 bits per heavy atom. The molecule has 0 spiro atoms. The first-order chi connectivity index (χ1) is 10.1. The average Bonchev–Trinajstić information content (AvgIpc) is 2.51. The Labute approximate surface area is 124 Å². The number of carboxylic acid groups (broad SMARTS) is 1. The number of hydrogen-bond acceptors (Lipinski definition) is 4. The molecule has 0 unspecified atom stereocenters. The molecule has 21 heavy (non-hydrogen) atoms. The molecule has 0 saturated heterocycles. The second-order valence-electron chi connectivity index (χ2n) is 4.93. The number of methoxy groups -OCH3 is 1. The zero-order valence-corrected chi connectivity index (χ0v) is 12.5. The van der Waals surface area contributed by atoms with Gasteiger partial charge in [0.25, 0.3) is 0 Å². The van der Waals surface area contributed by atoms with Crippen LogP contribution in [0.5, 0.6) is 5.75 Å². The van der Waals surface area contributed by atoms with Crippen LogP contribution in [0.1, 0.15) is 26.7 Å². The summed E-state index contributed by atoms with van der Waals surface area (Å²) in [5, 5.41) is 14.4. The summed E-state index contributed by atoms with van der Waals surface area (Å²) in [5.41, 5.74) is -1.01. The number of benzene rings is 1. The fraction of sp³-hybridized carbons (Fsp3) is 0.375. The summed E-state index contributed by atoms with van der Waals surface area (Å²) in [5.74, 6) is 0.443. The van der Waals surface area contributed by atoms with Crippen LogP contribution in [0.2, 0.25) is 0 Å². The van der Waals surface area contributed by atoms with Crippen LogP contribution >= 0.6 is 0 Å². The van der Waals surface area contributed by atoms with Crippen LogP contribution in [0.4, 0.5) is 5.82 Å². The summed E-state index contributed by atoms with van der Waals surface area (Å²) in [6.45, 7) is 3.71. The molecule has 0 atom stereocenters. The van der Waals surface area contributed by atoms with Gasteiger partial charge in [-0.1, -0.05) is 26.0 Å². The van der Waals surface area contributed by atoms with Crippen LogP contribution in [0.25, 0.3) is 10.8 Å². The number of fused-ring (bicyclic) bond motifs is 1. The molecule has 1 heterocycles. The molecule has 0 radical (unpaired) electrons. The molecule has 0 bridgehead atoms. The predicted octanol–water partition coefficient (Wildman–Crippen LogP) is 3.30. The second kappa shape index (κ2) is 5.99. The van der Waals surface area contributed by atoms with Crippen molar-refractivity contribution in [2.75, 3.05) is 12.4 Å². The van der Waals surface area contributed by atoms with Crippen molar-refractivity contribution >= 4 is 22.6 Å². The Balaban J connectivity index is 2.55. The zero-order chi connectivity index (χ0) is 15.5. The van der Waals surface area contributed by atoms with E-state index in [1.807, 2.05) is 38.1 Å². The van der Waals surface area contributed by atoms with Crippen molar-refractivity contribution in [2.24, 2.45) is 0 Å². The van der Waals surface area contributed by atoms with Crippen molar-refractivity contribution in [3.63, 3.8) is 0 Å². The summed E-state index contributed by atoms with van der Waals surface area (Å²) in [7, 11) is 1.61. The van der Waals surface area contributed by atoms with Gasteiger partial charge in [-0.05, 0) is 25.0 Å². The number of pyridine rings is 1. The summed E-state index contributed by atoms with van der Waals surface area (Å²) in [4.78, 5) is 15.9. The Bertz CT molecular complexity index is 651. The number of ether oxygens (including phenoxy) is 1. The van der Waals surface area contributed by atoms with E-state index in [0.717, 1.165) is 16.5 Å². The number of anilines is 1. The van der Waals surface area contributed by atoms with Gasteiger partial charge in [-0.2, -0.15) is 0 Å². The average molecular weight is 288 g/mol. The van der Waals surface area contributed by atoms with Crippen LogP contribution in [0.15, 0.2) is 30.5 Å². The topological polar surface area (TPSA) is 71.5 Å². The monoisotopic (exact) mass is 288 g/mol. The third-order valence-electron chi connectivity index (χ3n) is 3.96. The lowest BCUT2D eigenvalue weighted by Crippen LogP contribution is -2.45. The first kappa shape index (κ1) is 15.1. The Morgan fingerprint density at radius 1 is 1.29 bits per heavy atom. The van der Waals surface area contributed by atoms with Crippen LogP contribution in [-0.2, 0) is 4.79 Å². The van der Waals surface area contributed by atoms with Gasteiger partial charge in [-0.3, -0.25) is 0 Å². The molecule has 0 fully saturated rings. The van der Waals surface area contributed by atoms with Gasteiger partial charge < -0.3 is 15.2 Å². The van der Waals surface area contributed by atoms with Crippen LogP contribution in [0.3, 0.4) is 0 Å². The highest BCUT2D eigenvalue weighted by Gasteiger charge is 2.35. The minimum atomic E-state index is -1.01. The largest absolute Gasteiger partial charge is 0.496 e. The number of carboxylic acids is 1. The van der Waals surface area contributed by atoms with Gasteiger partial charge in [-0.15, -0.1) is 0 Å². The van der Waals surface area contributed by atoms with Gasteiger partial charge in [0.15, 0.2) is 0 Å². The third kappa shape index (κ3) is 2.63. The molecule has 2 aromatic rings. The Kier molecular flexibility index (Phi) is 4.31. The maximum absolute atomic E-state index is 11.6. The van der Waals surface area contributed by atoms with E-state index in [4.69, 9.17) is 4.74 Å². The van der Waals surface area contributed by atoms with E-state index >= 15 is 0 Å². The molecule has 112 valence electrons. The molecular weight excluding hydrogens is 268 g/mol. The van der Waals surface area contributed by atoms with Crippen molar-refractivity contribution in [3.8, 4) is 5.75 Å². The van der Waals surface area contributed by atoms with E-state index in [-0.39, 0.29) is 0 Å². The first-order valence-electron chi connectivity index (χ1n) is 7.01. The molecule has 5 heteroatoms. The van der Waals surface area contributed by atoms with E-state index in [0.29, 0.717) is 18.7 Å². The fourth-order valence-corrected chi connectivity index (χ4v) is 2.47. The molecular formula is C16H20N2O3. The highest BCUT2D eigenvalue weighted by Crippen LogP contribution is 2.31. The molecule has 0 aliphatic heterocycles. The third-order valence-corrected chi connectivity index (χ3v) is 3.96.